The third kappa shape index (κ3) is 1.77. The fourth-order valence-electron chi connectivity index (χ4n) is 2.41. The number of hydrogen-bond donors (Lipinski definition) is 1. The molecule has 2 aromatic heterocycles. The Hall–Kier alpha value is -1.87. The zero-order valence-corrected chi connectivity index (χ0v) is 10.6. The Bertz CT molecular complexity index is 697. The third-order valence-electron chi connectivity index (χ3n) is 3.39. The predicted octanol–water partition coefficient (Wildman–Crippen LogP) is 2.69. The molecule has 2 heterocycles. The van der Waals surface area contributed by atoms with Crippen LogP contribution in [0.1, 0.15) is 17.7 Å². The van der Waals surface area contributed by atoms with Gasteiger partial charge in [0.15, 0.2) is 0 Å². The van der Waals surface area contributed by atoms with Gasteiger partial charge in [-0.1, -0.05) is 18.2 Å². The van der Waals surface area contributed by atoms with Gasteiger partial charge in [0.05, 0.1) is 5.69 Å². The van der Waals surface area contributed by atoms with Crippen LogP contribution in [-0.4, -0.2) is 15.9 Å². The first-order chi connectivity index (χ1) is 8.79. The van der Waals surface area contributed by atoms with Crippen LogP contribution < -0.4 is 5.73 Å². The highest BCUT2D eigenvalue weighted by Crippen LogP contribution is 2.22. The molecule has 0 radical (unpaired) electrons. The molecule has 0 atom stereocenters. The molecule has 0 amide bonds. The summed E-state index contributed by atoms with van der Waals surface area (Å²) in [6.45, 7) is 2.85. The van der Waals surface area contributed by atoms with Gasteiger partial charge in [-0.05, 0) is 43.3 Å². The van der Waals surface area contributed by atoms with Crippen molar-refractivity contribution in [2.45, 2.75) is 19.8 Å². The molecule has 3 rings (SSSR count). The van der Waals surface area contributed by atoms with Crippen molar-refractivity contribution in [1.82, 2.24) is 9.38 Å². The lowest BCUT2D eigenvalue weighted by Crippen LogP contribution is -2.00. The van der Waals surface area contributed by atoms with E-state index in [0.29, 0.717) is 6.54 Å². The molecular weight excluding hydrogens is 222 g/mol. The van der Waals surface area contributed by atoms with Crippen LogP contribution in [0.25, 0.3) is 16.4 Å². The van der Waals surface area contributed by atoms with E-state index in [1.807, 2.05) is 0 Å². The molecule has 3 aromatic rings. The molecule has 1 aromatic carbocycles. The van der Waals surface area contributed by atoms with Crippen molar-refractivity contribution in [3.05, 3.63) is 47.9 Å². The van der Waals surface area contributed by atoms with E-state index in [1.165, 1.54) is 16.3 Å². The van der Waals surface area contributed by atoms with Crippen LogP contribution >= 0.6 is 0 Å². The first-order valence-electron chi connectivity index (χ1n) is 6.35. The van der Waals surface area contributed by atoms with Gasteiger partial charge in [0.25, 0.3) is 0 Å². The van der Waals surface area contributed by atoms with Crippen molar-refractivity contribution in [3.63, 3.8) is 0 Å². The highest BCUT2D eigenvalue weighted by Gasteiger charge is 2.06. The lowest BCUT2D eigenvalue weighted by Gasteiger charge is -2.02. The Kier molecular flexibility index (Phi) is 2.76. The third-order valence-corrected chi connectivity index (χ3v) is 3.39. The maximum absolute atomic E-state index is 5.55. The molecule has 0 spiro atoms. The molecule has 3 nitrogen and oxygen atoms in total. The molecule has 0 aliphatic rings. The molecular formula is C15H17N3. The average molecular weight is 239 g/mol. The number of nitrogens with two attached hydrogens (primary N) is 1. The van der Waals surface area contributed by atoms with E-state index in [1.54, 1.807) is 0 Å². The second-order valence-electron chi connectivity index (χ2n) is 4.71. The van der Waals surface area contributed by atoms with Crippen molar-refractivity contribution in [2.75, 3.05) is 6.54 Å². The van der Waals surface area contributed by atoms with E-state index in [0.717, 1.165) is 24.2 Å². The Morgan fingerprint density at radius 2 is 2.11 bits per heavy atom. The first-order valence-corrected chi connectivity index (χ1v) is 6.35. The predicted molar refractivity (Wildman–Crippen MR) is 74.8 cm³/mol. The van der Waals surface area contributed by atoms with Crippen LogP contribution in [0.2, 0.25) is 0 Å². The van der Waals surface area contributed by atoms with E-state index >= 15 is 0 Å². The Balaban J connectivity index is 2.20. The summed E-state index contributed by atoms with van der Waals surface area (Å²) < 4.78 is 2.10. The minimum Gasteiger partial charge on any atom is -0.330 e. The number of aromatic nitrogens is 2. The van der Waals surface area contributed by atoms with E-state index in [-0.39, 0.29) is 0 Å². The van der Waals surface area contributed by atoms with Gasteiger partial charge in [-0.2, -0.15) is 0 Å². The van der Waals surface area contributed by atoms with Gasteiger partial charge < -0.3 is 10.1 Å². The number of nitrogens with zero attached hydrogens (tertiary/aromatic N) is 2. The van der Waals surface area contributed by atoms with Gasteiger partial charge in [0.1, 0.15) is 5.65 Å². The lowest BCUT2D eigenvalue weighted by molar-refractivity contribution is 0.816. The molecule has 0 saturated heterocycles. The van der Waals surface area contributed by atoms with Gasteiger partial charge in [0, 0.05) is 17.8 Å². The first kappa shape index (κ1) is 11.2. The molecule has 18 heavy (non-hydrogen) atoms. The van der Waals surface area contributed by atoms with Crippen LogP contribution in [-0.2, 0) is 6.42 Å². The van der Waals surface area contributed by atoms with Crippen LogP contribution in [0.4, 0.5) is 0 Å². The van der Waals surface area contributed by atoms with Crippen molar-refractivity contribution in [2.24, 2.45) is 5.73 Å². The van der Waals surface area contributed by atoms with Crippen LogP contribution in [0.5, 0.6) is 0 Å². The second kappa shape index (κ2) is 4.42. The Morgan fingerprint density at radius 3 is 2.94 bits per heavy atom. The summed E-state index contributed by atoms with van der Waals surface area (Å²) in [5.74, 6) is 0. The van der Waals surface area contributed by atoms with Gasteiger partial charge >= 0.3 is 0 Å². The van der Waals surface area contributed by atoms with E-state index in [4.69, 9.17) is 10.7 Å². The zero-order chi connectivity index (χ0) is 12.5. The standard InChI is InChI=1S/C15H17N3/c1-11-4-2-6-14-13(11)7-9-18-10-12(5-3-8-16)17-15(14)18/h2,4,6-7,9-10H,3,5,8,16H2,1H3. The molecule has 2 N–H and O–H groups in total. The minimum atomic E-state index is 0.716. The molecule has 0 aliphatic heterocycles. The number of rotatable bonds is 3. The lowest BCUT2D eigenvalue weighted by atomic mass is 10.1. The summed E-state index contributed by atoms with van der Waals surface area (Å²) in [5.41, 5.74) is 9.00. The van der Waals surface area contributed by atoms with Crippen LogP contribution in [0, 0.1) is 6.92 Å². The topological polar surface area (TPSA) is 43.3 Å². The Labute approximate surface area is 106 Å². The zero-order valence-electron chi connectivity index (χ0n) is 10.6. The number of aryl methyl sites for hydroxylation is 2. The van der Waals surface area contributed by atoms with Crippen molar-refractivity contribution >= 4 is 16.4 Å². The summed E-state index contributed by atoms with van der Waals surface area (Å²) >= 11 is 0. The van der Waals surface area contributed by atoms with Gasteiger partial charge in [0.2, 0.25) is 0 Å². The van der Waals surface area contributed by atoms with Crippen molar-refractivity contribution in [3.8, 4) is 0 Å². The molecule has 0 unspecified atom stereocenters. The summed E-state index contributed by atoms with van der Waals surface area (Å²) in [4.78, 5) is 4.73. The van der Waals surface area contributed by atoms with Gasteiger partial charge in [-0.15, -0.1) is 0 Å². The summed E-state index contributed by atoms with van der Waals surface area (Å²) in [6, 6.07) is 8.52. The smallest absolute Gasteiger partial charge is 0.144 e. The number of imidazole rings is 1. The maximum atomic E-state index is 5.55. The van der Waals surface area contributed by atoms with E-state index < -0.39 is 0 Å². The average Bonchev–Trinajstić information content (AvgIpc) is 2.80. The Morgan fingerprint density at radius 1 is 1.22 bits per heavy atom. The summed E-state index contributed by atoms with van der Waals surface area (Å²) in [6.07, 6.45) is 6.13. The maximum Gasteiger partial charge on any atom is 0.144 e. The highest BCUT2D eigenvalue weighted by atomic mass is 15.0. The van der Waals surface area contributed by atoms with Crippen LogP contribution in [0.3, 0.4) is 0 Å². The summed E-state index contributed by atoms with van der Waals surface area (Å²) in [5, 5.41) is 2.50. The monoisotopic (exact) mass is 239 g/mol. The number of hydrogen-bond acceptors (Lipinski definition) is 2. The number of pyridine rings is 1. The van der Waals surface area contributed by atoms with Gasteiger partial charge in [-0.3, -0.25) is 0 Å². The molecule has 0 fully saturated rings. The molecule has 3 heteroatoms. The van der Waals surface area contributed by atoms with Crippen molar-refractivity contribution < 1.29 is 0 Å². The fourth-order valence-corrected chi connectivity index (χ4v) is 2.41. The SMILES string of the molecule is Cc1cccc2c1ccn1cc(CCCN)nc21. The quantitative estimate of drug-likeness (QED) is 0.763. The van der Waals surface area contributed by atoms with Crippen LogP contribution in [0.15, 0.2) is 36.7 Å². The second-order valence-corrected chi connectivity index (χ2v) is 4.71. The van der Waals surface area contributed by atoms with E-state index in [9.17, 15) is 0 Å². The van der Waals surface area contributed by atoms with Gasteiger partial charge in [-0.25, -0.2) is 4.98 Å². The molecule has 0 bridgehead atoms. The largest absolute Gasteiger partial charge is 0.330 e. The molecule has 92 valence electrons. The number of fused-ring (bicyclic) bond motifs is 3. The molecule has 0 aliphatic carbocycles. The summed E-state index contributed by atoms with van der Waals surface area (Å²) in [7, 11) is 0. The minimum absolute atomic E-state index is 0.716. The van der Waals surface area contributed by atoms with E-state index in [2.05, 4.69) is 48.0 Å². The molecule has 0 saturated carbocycles. The fraction of sp³-hybridized carbons (Fsp3) is 0.267. The highest BCUT2D eigenvalue weighted by molar-refractivity contribution is 5.95. The number of benzene rings is 1. The normalized spacial score (nSPS) is 11.4. The van der Waals surface area contributed by atoms with Crippen molar-refractivity contribution in [1.29, 1.82) is 0 Å².